The van der Waals surface area contributed by atoms with E-state index in [0.29, 0.717) is 15.9 Å². The number of hydrogen-bond acceptors (Lipinski definition) is 2. The topological polar surface area (TPSA) is 40.9 Å². The molecule has 0 N–H and O–H groups in total. The molecule has 0 heterocycles. The number of halogens is 1. The van der Waals surface area contributed by atoms with Crippen LogP contribution in [0.4, 0.5) is 0 Å². The summed E-state index contributed by atoms with van der Waals surface area (Å²) in [5.41, 5.74) is 0.626. The van der Waals surface area contributed by atoms with Gasteiger partial charge >= 0.3 is 87.5 Å². The van der Waals surface area contributed by atoms with E-state index in [2.05, 4.69) is 0 Å². The number of carbonyl (C=O) groups is 1. The Morgan fingerprint density at radius 1 is 1.46 bits per heavy atom. The molecule has 0 aliphatic carbocycles. The van der Waals surface area contributed by atoms with Gasteiger partial charge in [0.15, 0.2) is 0 Å². The fourth-order valence-electron chi connectivity index (χ4n) is 0.817. The van der Waals surface area contributed by atoms with Crippen LogP contribution in [0.2, 0.25) is 10.3 Å². The van der Waals surface area contributed by atoms with E-state index in [1.807, 2.05) is 4.97 Å². The van der Waals surface area contributed by atoms with Crippen molar-refractivity contribution in [3.63, 3.8) is 0 Å². The Kier molecular flexibility index (Phi) is 3.98. The summed E-state index contributed by atoms with van der Waals surface area (Å²) >= 11 is 5.42. The number of nitrogens with zero attached hydrogens (tertiary/aromatic N) is 1. The Balaban J connectivity index is 2.68. The van der Waals surface area contributed by atoms with Crippen molar-refractivity contribution in [1.82, 2.24) is 0 Å². The first kappa shape index (κ1) is 10.3. The predicted molar refractivity (Wildman–Crippen MR) is 52.0 cm³/mol. The second kappa shape index (κ2) is 5.04. The van der Waals surface area contributed by atoms with Gasteiger partial charge in [0.2, 0.25) is 0 Å². The molecule has 1 aromatic rings. The molecule has 0 saturated heterocycles. The molecule has 0 aliphatic heterocycles. The standard InChI is InChI=1S/C9H6ClNOSe/c10-8-3-1-7(2-4-8)9(12)5-13-6-11/h1-4H,5H2. The normalized spacial score (nSPS) is 9.23. The second-order valence-corrected chi connectivity index (χ2v) is 4.34. The van der Waals surface area contributed by atoms with Crippen molar-refractivity contribution in [3.05, 3.63) is 34.9 Å². The molecular formula is C9H6ClNOSe. The molecule has 0 spiro atoms. The molecule has 1 rings (SSSR count). The minimum atomic E-state index is -0.239. The molecule has 66 valence electrons. The van der Waals surface area contributed by atoms with Gasteiger partial charge in [-0.3, -0.25) is 0 Å². The summed E-state index contributed by atoms with van der Waals surface area (Å²) in [4.78, 5) is 13.3. The first-order valence-electron chi connectivity index (χ1n) is 3.53. The van der Waals surface area contributed by atoms with Crippen LogP contribution >= 0.6 is 11.6 Å². The van der Waals surface area contributed by atoms with Gasteiger partial charge in [-0.25, -0.2) is 0 Å². The van der Waals surface area contributed by atoms with Gasteiger partial charge in [0.05, 0.1) is 0 Å². The summed E-state index contributed by atoms with van der Waals surface area (Å²) in [6, 6.07) is 6.71. The molecule has 0 fully saturated rings. The van der Waals surface area contributed by atoms with Gasteiger partial charge in [0.1, 0.15) is 0 Å². The van der Waals surface area contributed by atoms with Gasteiger partial charge in [0, 0.05) is 0 Å². The SMILES string of the molecule is N#C[Se]CC(=O)c1ccc(Cl)cc1. The van der Waals surface area contributed by atoms with Crippen LogP contribution in [0, 0.1) is 10.2 Å². The Bertz CT molecular complexity index is 342. The molecular weight excluding hydrogens is 253 g/mol. The molecule has 2 nitrogen and oxygen atoms in total. The monoisotopic (exact) mass is 259 g/mol. The van der Waals surface area contributed by atoms with Gasteiger partial charge < -0.3 is 0 Å². The maximum absolute atomic E-state index is 11.3. The van der Waals surface area contributed by atoms with E-state index in [0.717, 1.165) is 0 Å². The number of rotatable bonds is 3. The summed E-state index contributed by atoms with van der Waals surface area (Å²) < 4.78 is 0. The maximum atomic E-state index is 11.3. The molecule has 0 aliphatic rings. The molecule has 0 amide bonds. The first-order chi connectivity index (χ1) is 6.24. The third-order valence-electron chi connectivity index (χ3n) is 1.43. The Hall–Kier alpha value is -0.811. The number of carbonyl (C=O) groups excluding carboxylic acids is 1. The molecule has 0 unspecified atom stereocenters. The van der Waals surface area contributed by atoms with Crippen LogP contribution in [-0.4, -0.2) is 20.7 Å². The van der Waals surface area contributed by atoms with Gasteiger partial charge in [-0.2, -0.15) is 0 Å². The summed E-state index contributed by atoms with van der Waals surface area (Å²) in [7, 11) is 0. The molecule has 0 bridgehead atoms. The van der Waals surface area contributed by atoms with Crippen LogP contribution in [0.15, 0.2) is 24.3 Å². The van der Waals surface area contributed by atoms with Crippen LogP contribution in [-0.2, 0) is 0 Å². The Labute approximate surface area is 87.7 Å². The third-order valence-corrected chi connectivity index (χ3v) is 2.81. The second-order valence-electron chi connectivity index (χ2n) is 2.31. The fourth-order valence-corrected chi connectivity index (χ4v) is 1.70. The van der Waals surface area contributed by atoms with Crippen LogP contribution < -0.4 is 0 Å². The zero-order chi connectivity index (χ0) is 9.68. The van der Waals surface area contributed by atoms with Crippen molar-refractivity contribution < 1.29 is 4.79 Å². The molecule has 13 heavy (non-hydrogen) atoms. The average Bonchev–Trinajstić information content (AvgIpc) is 2.15. The zero-order valence-electron chi connectivity index (χ0n) is 6.66. The van der Waals surface area contributed by atoms with Crippen molar-refractivity contribution >= 4 is 32.3 Å². The molecule has 4 heteroatoms. The molecule has 0 saturated carbocycles. The van der Waals surface area contributed by atoms with Crippen molar-refractivity contribution in [2.75, 3.05) is 0 Å². The zero-order valence-corrected chi connectivity index (χ0v) is 9.13. The Morgan fingerprint density at radius 2 is 2.08 bits per heavy atom. The number of hydrogen-bond donors (Lipinski definition) is 0. The van der Waals surface area contributed by atoms with Gasteiger partial charge in [-0.15, -0.1) is 0 Å². The summed E-state index contributed by atoms with van der Waals surface area (Å²) in [6.07, 6.45) is 0. The number of benzene rings is 1. The summed E-state index contributed by atoms with van der Waals surface area (Å²) in [5.74, 6) is 0.0122. The fraction of sp³-hybridized carbons (Fsp3) is 0.111. The quantitative estimate of drug-likeness (QED) is 0.615. The van der Waals surface area contributed by atoms with E-state index < -0.39 is 0 Å². The molecule has 1 aromatic carbocycles. The number of ketones is 1. The first-order valence-corrected chi connectivity index (χ1v) is 5.98. The Morgan fingerprint density at radius 3 is 2.62 bits per heavy atom. The average molecular weight is 259 g/mol. The van der Waals surface area contributed by atoms with E-state index in [4.69, 9.17) is 16.9 Å². The predicted octanol–water partition coefficient (Wildman–Crippen LogP) is 2.13. The number of Topliss-reactive ketones (excluding diaryl/α,β-unsaturated/α-hetero) is 1. The van der Waals surface area contributed by atoms with Crippen molar-refractivity contribution in [3.8, 4) is 4.97 Å². The van der Waals surface area contributed by atoms with E-state index in [1.54, 1.807) is 24.3 Å². The molecule has 0 radical (unpaired) electrons. The summed E-state index contributed by atoms with van der Waals surface area (Å²) in [5, 5.41) is 9.26. The molecule has 0 atom stereocenters. The van der Waals surface area contributed by atoms with E-state index in [-0.39, 0.29) is 20.7 Å². The van der Waals surface area contributed by atoms with Gasteiger partial charge in [-0.1, -0.05) is 0 Å². The summed E-state index contributed by atoms with van der Waals surface area (Å²) in [6.45, 7) is 0. The van der Waals surface area contributed by atoms with Crippen LogP contribution in [0.25, 0.3) is 0 Å². The van der Waals surface area contributed by atoms with E-state index >= 15 is 0 Å². The van der Waals surface area contributed by atoms with Crippen LogP contribution in [0.3, 0.4) is 0 Å². The van der Waals surface area contributed by atoms with Gasteiger partial charge in [0.25, 0.3) is 0 Å². The minimum absolute atomic E-state index is 0.0122. The van der Waals surface area contributed by atoms with Crippen molar-refractivity contribution in [1.29, 1.82) is 5.26 Å². The van der Waals surface area contributed by atoms with Gasteiger partial charge in [-0.05, 0) is 0 Å². The third kappa shape index (κ3) is 3.20. The van der Waals surface area contributed by atoms with Crippen LogP contribution in [0.5, 0.6) is 0 Å². The van der Waals surface area contributed by atoms with Crippen LogP contribution in [0.1, 0.15) is 10.4 Å². The van der Waals surface area contributed by atoms with E-state index in [9.17, 15) is 4.79 Å². The number of nitriles is 1. The van der Waals surface area contributed by atoms with Crippen molar-refractivity contribution in [2.45, 2.75) is 5.32 Å². The van der Waals surface area contributed by atoms with Crippen molar-refractivity contribution in [2.24, 2.45) is 0 Å². The van der Waals surface area contributed by atoms with E-state index in [1.165, 1.54) is 0 Å². The molecule has 0 aromatic heterocycles.